The van der Waals surface area contributed by atoms with Crippen LogP contribution in [0, 0.1) is 5.92 Å². The van der Waals surface area contributed by atoms with Gasteiger partial charge in [-0.1, -0.05) is 0 Å². The van der Waals surface area contributed by atoms with Crippen LogP contribution < -0.4 is 0 Å². The van der Waals surface area contributed by atoms with Crippen molar-refractivity contribution in [2.24, 2.45) is 5.92 Å². The molecule has 80 valence electrons. The van der Waals surface area contributed by atoms with E-state index in [0.717, 1.165) is 0 Å². The van der Waals surface area contributed by atoms with E-state index in [9.17, 15) is 19.7 Å². The van der Waals surface area contributed by atoms with E-state index < -0.39 is 23.0 Å². The van der Waals surface area contributed by atoms with Gasteiger partial charge >= 0.3 is 0 Å². The SMILES string of the molecule is OC12CC3CC(O)(C1)C(F)C(O)(C3)C2. The summed E-state index contributed by atoms with van der Waals surface area (Å²) in [6.45, 7) is 0. The summed E-state index contributed by atoms with van der Waals surface area (Å²) in [7, 11) is 0. The van der Waals surface area contributed by atoms with E-state index in [2.05, 4.69) is 0 Å². The Morgan fingerprint density at radius 3 is 1.86 bits per heavy atom. The van der Waals surface area contributed by atoms with Crippen LogP contribution >= 0.6 is 0 Å². The predicted molar refractivity (Wildman–Crippen MR) is 46.3 cm³/mol. The van der Waals surface area contributed by atoms with Gasteiger partial charge in [-0.05, 0) is 25.2 Å². The zero-order valence-corrected chi connectivity index (χ0v) is 7.91. The Morgan fingerprint density at radius 2 is 1.43 bits per heavy atom. The molecule has 14 heavy (non-hydrogen) atoms. The van der Waals surface area contributed by atoms with E-state index in [1.165, 1.54) is 0 Å². The largest absolute Gasteiger partial charge is 0.390 e. The Balaban J connectivity index is 2.07. The Hall–Kier alpha value is -0.190. The van der Waals surface area contributed by atoms with Gasteiger partial charge in [0.05, 0.1) is 5.60 Å². The third-order valence-corrected chi connectivity index (χ3v) is 4.17. The van der Waals surface area contributed by atoms with E-state index in [1.54, 1.807) is 0 Å². The Labute approximate surface area is 81.6 Å². The van der Waals surface area contributed by atoms with Crippen molar-refractivity contribution in [2.75, 3.05) is 0 Å². The molecule has 3 N–H and O–H groups in total. The van der Waals surface area contributed by atoms with Crippen molar-refractivity contribution in [3.8, 4) is 0 Å². The first-order chi connectivity index (χ1) is 6.35. The lowest BCUT2D eigenvalue weighted by molar-refractivity contribution is -0.290. The number of hydrogen-bond donors (Lipinski definition) is 3. The Bertz CT molecular complexity index is 273. The summed E-state index contributed by atoms with van der Waals surface area (Å²) in [4.78, 5) is 0. The first-order valence-corrected chi connectivity index (χ1v) is 5.17. The van der Waals surface area contributed by atoms with E-state index in [-0.39, 0.29) is 18.8 Å². The fourth-order valence-corrected chi connectivity index (χ4v) is 4.13. The van der Waals surface area contributed by atoms with Gasteiger partial charge in [0.15, 0.2) is 6.17 Å². The second kappa shape index (κ2) is 2.15. The van der Waals surface area contributed by atoms with Gasteiger partial charge in [-0.25, -0.2) is 4.39 Å². The first-order valence-electron chi connectivity index (χ1n) is 5.17. The zero-order chi connectivity index (χ0) is 10.2. The molecule has 4 saturated carbocycles. The van der Waals surface area contributed by atoms with E-state index in [1.807, 2.05) is 0 Å². The van der Waals surface area contributed by atoms with E-state index in [0.29, 0.717) is 19.3 Å². The molecule has 0 aromatic heterocycles. The average Bonchev–Trinajstić information content (AvgIpc) is 1.95. The highest BCUT2D eigenvalue weighted by Gasteiger charge is 2.68. The smallest absolute Gasteiger partial charge is 0.157 e. The molecule has 0 aromatic carbocycles. The van der Waals surface area contributed by atoms with Crippen molar-refractivity contribution >= 4 is 0 Å². The number of hydrogen-bond acceptors (Lipinski definition) is 3. The number of alkyl halides is 1. The van der Waals surface area contributed by atoms with Crippen molar-refractivity contribution in [2.45, 2.75) is 55.1 Å². The summed E-state index contributed by atoms with van der Waals surface area (Å²) in [6.07, 6.45) is -0.0474. The van der Waals surface area contributed by atoms with E-state index >= 15 is 0 Å². The maximum atomic E-state index is 13.8. The molecule has 0 heterocycles. The van der Waals surface area contributed by atoms with Gasteiger partial charge < -0.3 is 15.3 Å². The normalized spacial score (nSPS) is 66.0. The fourth-order valence-electron chi connectivity index (χ4n) is 4.13. The maximum absolute atomic E-state index is 13.8. The van der Waals surface area contributed by atoms with Gasteiger partial charge in [-0.15, -0.1) is 0 Å². The monoisotopic (exact) mass is 202 g/mol. The van der Waals surface area contributed by atoms with Crippen LogP contribution in [-0.2, 0) is 0 Å². The van der Waals surface area contributed by atoms with Crippen LogP contribution in [0.5, 0.6) is 0 Å². The summed E-state index contributed by atoms with van der Waals surface area (Å²) in [5, 5.41) is 30.1. The molecular weight excluding hydrogens is 187 g/mol. The minimum atomic E-state index is -1.59. The molecule has 4 fully saturated rings. The molecule has 2 unspecified atom stereocenters. The van der Waals surface area contributed by atoms with Gasteiger partial charge in [0.25, 0.3) is 0 Å². The molecule has 0 spiro atoms. The molecule has 4 rings (SSSR count). The van der Waals surface area contributed by atoms with Crippen LogP contribution in [0.3, 0.4) is 0 Å². The summed E-state index contributed by atoms with van der Waals surface area (Å²) < 4.78 is 13.8. The standard InChI is InChI=1S/C10H15FO3/c11-7-9(13)2-6-1-8(12,4-9)5-10(7,14)3-6/h6-7,12-14H,1-5H2. The number of aliphatic hydroxyl groups is 3. The topological polar surface area (TPSA) is 60.7 Å². The molecule has 4 bridgehead atoms. The third kappa shape index (κ3) is 0.916. The number of rotatable bonds is 0. The average molecular weight is 202 g/mol. The fraction of sp³-hybridized carbons (Fsp3) is 1.00. The van der Waals surface area contributed by atoms with Crippen molar-refractivity contribution in [3.05, 3.63) is 0 Å². The Morgan fingerprint density at radius 1 is 0.929 bits per heavy atom. The lowest BCUT2D eigenvalue weighted by Gasteiger charge is -2.62. The predicted octanol–water partition coefficient (Wildman–Crippen LogP) is 0.125. The van der Waals surface area contributed by atoms with Crippen LogP contribution in [0.2, 0.25) is 0 Å². The van der Waals surface area contributed by atoms with Gasteiger partial charge in [0.2, 0.25) is 0 Å². The second-order valence-corrected chi connectivity index (χ2v) is 5.63. The maximum Gasteiger partial charge on any atom is 0.157 e. The molecule has 0 saturated heterocycles. The van der Waals surface area contributed by atoms with Gasteiger partial charge in [-0.2, -0.15) is 0 Å². The van der Waals surface area contributed by atoms with Crippen molar-refractivity contribution < 1.29 is 19.7 Å². The van der Waals surface area contributed by atoms with Gasteiger partial charge in [-0.3, -0.25) is 0 Å². The minimum absolute atomic E-state index is 0.0736. The van der Waals surface area contributed by atoms with Crippen molar-refractivity contribution in [3.63, 3.8) is 0 Å². The molecule has 0 radical (unpaired) electrons. The molecule has 4 aliphatic carbocycles. The highest BCUT2D eigenvalue weighted by atomic mass is 19.1. The summed E-state index contributed by atoms with van der Waals surface area (Å²) in [5.74, 6) is 0.0736. The second-order valence-electron chi connectivity index (χ2n) is 5.63. The molecule has 0 aromatic rings. The highest BCUT2D eigenvalue weighted by molar-refractivity contribution is 5.20. The first kappa shape index (κ1) is 9.07. The van der Waals surface area contributed by atoms with Crippen LogP contribution in [-0.4, -0.2) is 38.3 Å². The summed E-state index contributed by atoms with van der Waals surface area (Å²) in [5.41, 5.74) is -4.00. The van der Waals surface area contributed by atoms with Crippen LogP contribution in [0.1, 0.15) is 32.1 Å². The van der Waals surface area contributed by atoms with Gasteiger partial charge in [0, 0.05) is 12.8 Å². The Kier molecular flexibility index (Phi) is 1.39. The van der Waals surface area contributed by atoms with Crippen molar-refractivity contribution in [1.29, 1.82) is 0 Å². The van der Waals surface area contributed by atoms with Crippen LogP contribution in [0.15, 0.2) is 0 Å². The summed E-state index contributed by atoms with van der Waals surface area (Å²) >= 11 is 0. The molecule has 3 nitrogen and oxygen atoms in total. The number of halogens is 1. The summed E-state index contributed by atoms with van der Waals surface area (Å²) in [6, 6.07) is 0. The molecule has 4 aliphatic rings. The molecule has 0 aliphatic heterocycles. The third-order valence-electron chi connectivity index (χ3n) is 4.17. The zero-order valence-electron chi connectivity index (χ0n) is 7.91. The lowest BCUT2D eigenvalue weighted by Crippen LogP contribution is -2.72. The minimum Gasteiger partial charge on any atom is -0.390 e. The highest BCUT2D eigenvalue weighted by Crippen LogP contribution is 2.60. The van der Waals surface area contributed by atoms with Crippen LogP contribution in [0.4, 0.5) is 4.39 Å². The van der Waals surface area contributed by atoms with Gasteiger partial charge in [0.1, 0.15) is 11.2 Å². The molecule has 0 amide bonds. The van der Waals surface area contributed by atoms with E-state index in [4.69, 9.17) is 0 Å². The van der Waals surface area contributed by atoms with Crippen molar-refractivity contribution in [1.82, 2.24) is 0 Å². The lowest BCUT2D eigenvalue weighted by atomic mass is 9.49. The molecule has 4 heteroatoms. The van der Waals surface area contributed by atoms with Crippen LogP contribution in [0.25, 0.3) is 0 Å². The molecule has 2 atom stereocenters. The quantitative estimate of drug-likeness (QED) is 0.523. The molecular formula is C10H15FO3.